The van der Waals surface area contributed by atoms with Crippen molar-refractivity contribution in [3.05, 3.63) is 33.0 Å². The van der Waals surface area contributed by atoms with Gasteiger partial charge in [0, 0.05) is 16.7 Å². The molecular formula is C14H18N2O2S2. The molecule has 108 valence electrons. The van der Waals surface area contributed by atoms with Gasteiger partial charge in [0.1, 0.15) is 0 Å². The van der Waals surface area contributed by atoms with Crippen molar-refractivity contribution >= 4 is 33.8 Å². The summed E-state index contributed by atoms with van der Waals surface area (Å²) in [4.78, 5) is 16.9. The van der Waals surface area contributed by atoms with E-state index in [1.165, 1.54) is 17.6 Å². The Bertz CT molecular complexity index is 563. The number of thiazole rings is 1. The summed E-state index contributed by atoms with van der Waals surface area (Å²) in [5.41, 5.74) is 2.33. The number of esters is 1. The van der Waals surface area contributed by atoms with Crippen molar-refractivity contribution in [1.82, 2.24) is 4.98 Å². The fourth-order valence-electron chi connectivity index (χ4n) is 1.83. The maximum Gasteiger partial charge on any atom is 0.305 e. The third-order valence-corrected chi connectivity index (χ3v) is 4.80. The van der Waals surface area contributed by atoms with Crippen LogP contribution in [0.5, 0.6) is 0 Å². The van der Waals surface area contributed by atoms with E-state index in [4.69, 9.17) is 0 Å². The standard InChI is InChI=1S/C14H18N2O2S2/c1-3-10-6-7-19-12(10)8-15-14-16-11(9-20-14)4-5-13(17)18-2/h6-7,9H,3-5,8H2,1-2H3,(H,15,16). The highest BCUT2D eigenvalue weighted by atomic mass is 32.1. The molecule has 0 saturated carbocycles. The number of anilines is 1. The summed E-state index contributed by atoms with van der Waals surface area (Å²) < 4.78 is 4.62. The number of hydrogen-bond acceptors (Lipinski definition) is 6. The largest absolute Gasteiger partial charge is 0.469 e. The molecule has 0 spiro atoms. The molecular weight excluding hydrogens is 292 g/mol. The molecule has 0 aliphatic heterocycles. The summed E-state index contributed by atoms with van der Waals surface area (Å²) >= 11 is 3.34. The smallest absolute Gasteiger partial charge is 0.305 e. The fourth-order valence-corrected chi connectivity index (χ4v) is 3.49. The lowest BCUT2D eigenvalue weighted by Gasteiger charge is -2.02. The van der Waals surface area contributed by atoms with Crippen molar-refractivity contribution in [3.8, 4) is 0 Å². The van der Waals surface area contributed by atoms with Crippen molar-refractivity contribution in [3.63, 3.8) is 0 Å². The predicted octanol–water partition coefficient (Wildman–Crippen LogP) is 3.48. The van der Waals surface area contributed by atoms with Gasteiger partial charge in [0.05, 0.1) is 25.8 Å². The summed E-state index contributed by atoms with van der Waals surface area (Å²) in [5.74, 6) is -0.196. The minimum Gasteiger partial charge on any atom is -0.469 e. The Balaban J connectivity index is 1.85. The van der Waals surface area contributed by atoms with Gasteiger partial charge in [0.15, 0.2) is 5.13 Å². The van der Waals surface area contributed by atoms with Crippen molar-refractivity contribution < 1.29 is 9.53 Å². The highest BCUT2D eigenvalue weighted by Crippen LogP contribution is 2.21. The number of aryl methyl sites for hydroxylation is 2. The number of rotatable bonds is 7. The Morgan fingerprint density at radius 2 is 2.30 bits per heavy atom. The molecule has 0 aliphatic carbocycles. The van der Waals surface area contributed by atoms with E-state index in [1.807, 2.05) is 5.38 Å². The maximum atomic E-state index is 11.1. The second-order valence-corrected chi connectivity index (χ2v) is 6.16. The molecule has 0 radical (unpaired) electrons. The summed E-state index contributed by atoms with van der Waals surface area (Å²) in [6.45, 7) is 2.98. The van der Waals surface area contributed by atoms with E-state index in [0.717, 1.165) is 23.8 Å². The fraction of sp³-hybridized carbons (Fsp3) is 0.429. The van der Waals surface area contributed by atoms with Crippen LogP contribution in [0, 0.1) is 0 Å². The summed E-state index contributed by atoms with van der Waals surface area (Å²) in [6, 6.07) is 2.17. The summed E-state index contributed by atoms with van der Waals surface area (Å²) in [6.07, 6.45) is 2.07. The van der Waals surface area contributed by atoms with Crippen LogP contribution in [0.25, 0.3) is 0 Å². The molecule has 2 aromatic heterocycles. The van der Waals surface area contributed by atoms with Crippen molar-refractivity contribution in [2.45, 2.75) is 32.7 Å². The molecule has 0 unspecified atom stereocenters. The summed E-state index contributed by atoms with van der Waals surface area (Å²) in [7, 11) is 1.41. The first-order chi connectivity index (χ1) is 9.72. The van der Waals surface area contributed by atoms with Crippen LogP contribution < -0.4 is 5.32 Å². The van der Waals surface area contributed by atoms with E-state index in [9.17, 15) is 4.79 Å². The van der Waals surface area contributed by atoms with Crippen LogP contribution in [-0.4, -0.2) is 18.1 Å². The highest BCUT2D eigenvalue weighted by Gasteiger charge is 2.07. The molecule has 0 atom stereocenters. The van der Waals surface area contributed by atoms with Gasteiger partial charge < -0.3 is 10.1 Å². The zero-order valence-corrected chi connectivity index (χ0v) is 13.3. The molecule has 0 aromatic carbocycles. The van der Waals surface area contributed by atoms with Crippen LogP contribution in [0.4, 0.5) is 5.13 Å². The van der Waals surface area contributed by atoms with Crippen LogP contribution in [0.1, 0.15) is 29.5 Å². The summed E-state index contributed by atoms with van der Waals surface area (Å²) in [5, 5.41) is 8.36. The van der Waals surface area contributed by atoms with Crippen LogP contribution >= 0.6 is 22.7 Å². The minimum absolute atomic E-state index is 0.196. The monoisotopic (exact) mass is 310 g/mol. The molecule has 0 saturated heterocycles. The van der Waals surface area contributed by atoms with Crippen LogP contribution in [0.2, 0.25) is 0 Å². The second-order valence-electron chi connectivity index (χ2n) is 4.30. The van der Waals surface area contributed by atoms with Crippen molar-refractivity contribution in [1.29, 1.82) is 0 Å². The van der Waals surface area contributed by atoms with Gasteiger partial charge >= 0.3 is 5.97 Å². The third kappa shape index (κ3) is 4.05. The first kappa shape index (κ1) is 15.0. The molecule has 4 nitrogen and oxygen atoms in total. The number of aromatic nitrogens is 1. The number of nitrogens with one attached hydrogen (secondary N) is 1. The van der Waals surface area contributed by atoms with E-state index in [0.29, 0.717) is 12.8 Å². The first-order valence-electron chi connectivity index (χ1n) is 6.53. The zero-order chi connectivity index (χ0) is 14.4. The topological polar surface area (TPSA) is 51.2 Å². The number of hydrogen-bond donors (Lipinski definition) is 1. The number of carbonyl (C=O) groups excluding carboxylic acids is 1. The van der Waals surface area contributed by atoms with Gasteiger partial charge in [-0.3, -0.25) is 4.79 Å². The lowest BCUT2D eigenvalue weighted by atomic mass is 10.2. The number of carbonyl (C=O) groups is 1. The van der Waals surface area contributed by atoms with Gasteiger partial charge in [0.2, 0.25) is 0 Å². The molecule has 1 N–H and O–H groups in total. The number of ether oxygens (including phenoxy) is 1. The normalized spacial score (nSPS) is 10.5. The minimum atomic E-state index is -0.196. The number of methoxy groups -OCH3 is 1. The lowest BCUT2D eigenvalue weighted by Crippen LogP contribution is -2.02. The van der Waals surface area contributed by atoms with Crippen molar-refractivity contribution in [2.75, 3.05) is 12.4 Å². The molecule has 0 bridgehead atoms. The van der Waals surface area contributed by atoms with Gasteiger partial charge in [-0.1, -0.05) is 6.92 Å². The van der Waals surface area contributed by atoms with E-state index < -0.39 is 0 Å². The van der Waals surface area contributed by atoms with E-state index in [2.05, 4.69) is 33.4 Å². The van der Waals surface area contributed by atoms with Crippen LogP contribution in [-0.2, 0) is 28.9 Å². The second kappa shape index (κ2) is 7.40. The Labute approximate surface area is 126 Å². The Kier molecular flexibility index (Phi) is 5.55. The van der Waals surface area contributed by atoms with E-state index >= 15 is 0 Å². The van der Waals surface area contributed by atoms with Crippen molar-refractivity contribution in [2.24, 2.45) is 0 Å². The predicted molar refractivity (Wildman–Crippen MR) is 83.5 cm³/mol. The molecule has 6 heteroatoms. The third-order valence-electron chi connectivity index (χ3n) is 2.98. The van der Waals surface area contributed by atoms with Gasteiger partial charge in [-0.25, -0.2) is 4.98 Å². The molecule has 0 amide bonds. The van der Waals surface area contributed by atoms with Gasteiger partial charge in [-0.05, 0) is 23.4 Å². The van der Waals surface area contributed by atoms with E-state index in [1.54, 1.807) is 22.7 Å². The molecule has 0 aliphatic rings. The average Bonchev–Trinajstić information content (AvgIpc) is 3.10. The van der Waals surface area contributed by atoms with Gasteiger partial charge in [-0.2, -0.15) is 0 Å². The highest BCUT2D eigenvalue weighted by molar-refractivity contribution is 7.13. The quantitative estimate of drug-likeness (QED) is 0.795. The average molecular weight is 310 g/mol. The number of thiophene rings is 1. The van der Waals surface area contributed by atoms with Crippen LogP contribution in [0.15, 0.2) is 16.8 Å². The number of nitrogens with zero attached hydrogens (tertiary/aromatic N) is 1. The Hall–Kier alpha value is -1.40. The molecule has 2 rings (SSSR count). The SMILES string of the molecule is CCc1ccsc1CNc1nc(CCC(=O)OC)cs1. The van der Waals surface area contributed by atoms with E-state index in [-0.39, 0.29) is 5.97 Å². The van der Waals surface area contributed by atoms with Gasteiger partial charge in [-0.15, -0.1) is 22.7 Å². The Morgan fingerprint density at radius 1 is 1.45 bits per heavy atom. The first-order valence-corrected chi connectivity index (χ1v) is 8.29. The molecule has 2 aromatic rings. The molecule has 0 fully saturated rings. The Morgan fingerprint density at radius 3 is 3.05 bits per heavy atom. The molecule has 20 heavy (non-hydrogen) atoms. The van der Waals surface area contributed by atoms with Gasteiger partial charge in [0.25, 0.3) is 0 Å². The maximum absolute atomic E-state index is 11.1. The lowest BCUT2D eigenvalue weighted by molar-refractivity contribution is -0.140. The zero-order valence-electron chi connectivity index (χ0n) is 11.6. The van der Waals surface area contributed by atoms with Crippen LogP contribution in [0.3, 0.4) is 0 Å². The molecule has 2 heterocycles.